The Hall–Kier alpha value is -2.33. The fourth-order valence-corrected chi connectivity index (χ4v) is 2.60. The molecule has 2 aromatic rings. The van der Waals surface area contributed by atoms with Crippen molar-refractivity contribution in [3.8, 4) is 11.5 Å². The molecule has 1 saturated heterocycles. The van der Waals surface area contributed by atoms with E-state index in [0.29, 0.717) is 17.9 Å². The normalized spacial score (nSPS) is 17.5. The summed E-state index contributed by atoms with van der Waals surface area (Å²) in [5, 5.41) is 0. The van der Waals surface area contributed by atoms with Crippen LogP contribution in [0.25, 0.3) is 0 Å². The Kier molecular flexibility index (Phi) is 4.39. The van der Waals surface area contributed by atoms with E-state index in [4.69, 9.17) is 9.47 Å². The Morgan fingerprint density at radius 3 is 2.59 bits per heavy atom. The molecule has 4 heteroatoms. The van der Waals surface area contributed by atoms with Gasteiger partial charge < -0.3 is 14.4 Å². The minimum atomic E-state index is 0.0260. The van der Waals surface area contributed by atoms with Crippen LogP contribution in [0.2, 0.25) is 0 Å². The van der Waals surface area contributed by atoms with Crippen LogP contribution in [0, 0.1) is 0 Å². The number of hydrogen-bond donors (Lipinski definition) is 0. The third kappa shape index (κ3) is 3.28. The lowest BCUT2D eigenvalue weighted by atomic mass is 10.2. The first-order chi connectivity index (χ1) is 10.8. The monoisotopic (exact) mass is 297 g/mol. The zero-order valence-corrected chi connectivity index (χ0v) is 12.6. The predicted octanol–water partition coefficient (Wildman–Crippen LogP) is 3.34. The van der Waals surface area contributed by atoms with Crippen molar-refractivity contribution in [2.75, 3.05) is 20.2 Å². The maximum absolute atomic E-state index is 12.5. The van der Waals surface area contributed by atoms with Gasteiger partial charge in [-0.1, -0.05) is 24.3 Å². The molecule has 0 N–H and O–H groups in total. The molecule has 2 aromatic carbocycles. The molecular formula is C18H19NO3. The summed E-state index contributed by atoms with van der Waals surface area (Å²) in [4.78, 5) is 14.4. The van der Waals surface area contributed by atoms with E-state index in [-0.39, 0.29) is 12.0 Å². The molecule has 0 unspecified atom stereocenters. The van der Waals surface area contributed by atoms with E-state index in [2.05, 4.69) is 0 Å². The maximum Gasteiger partial charge on any atom is 0.254 e. The molecule has 0 aliphatic carbocycles. The first-order valence-electron chi connectivity index (χ1n) is 7.41. The fourth-order valence-electron chi connectivity index (χ4n) is 2.60. The molecule has 1 aliphatic rings. The number of rotatable bonds is 4. The molecule has 0 bridgehead atoms. The van der Waals surface area contributed by atoms with Crippen LogP contribution in [0.3, 0.4) is 0 Å². The summed E-state index contributed by atoms with van der Waals surface area (Å²) in [6, 6.07) is 16.8. The van der Waals surface area contributed by atoms with Gasteiger partial charge in [-0.05, 0) is 36.8 Å². The highest BCUT2D eigenvalue weighted by Gasteiger charge is 2.26. The van der Waals surface area contributed by atoms with Gasteiger partial charge in [0.25, 0.3) is 5.91 Å². The number of benzene rings is 2. The fraction of sp³-hybridized carbons (Fsp3) is 0.278. The van der Waals surface area contributed by atoms with Crippen molar-refractivity contribution in [2.45, 2.75) is 12.5 Å². The van der Waals surface area contributed by atoms with E-state index in [9.17, 15) is 4.79 Å². The molecule has 1 amide bonds. The lowest BCUT2D eigenvalue weighted by molar-refractivity contribution is 0.0724. The molecule has 3 rings (SSSR count). The van der Waals surface area contributed by atoms with Gasteiger partial charge in [0.15, 0.2) is 0 Å². The van der Waals surface area contributed by atoms with Crippen molar-refractivity contribution in [3.63, 3.8) is 0 Å². The number of hydrogen-bond acceptors (Lipinski definition) is 3. The SMILES string of the molecule is CO[C@H]1CCN(C(=O)c2cccc(Oc3ccccc3)c2)C1. The van der Waals surface area contributed by atoms with Gasteiger partial charge in [-0.15, -0.1) is 0 Å². The molecule has 1 atom stereocenters. The Morgan fingerprint density at radius 2 is 1.86 bits per heavy atom. The van der Waals surface area contributed by atoms with Crippen LogP contribution in [0.15, 0.2) is 54.6 Å². The zero-order chi connectivity index (χ0) is 15.4. The molecule has 0 radical (unpaired) electrons. The number of carbonyl (C=O) groups is 1. The Morgan fingerprint density at radius 1 is 1.09 bits per heavy atom. The van der Waals surface area contributed by atoms with E-state index < -0.39 is 0 Å². The Bertz CT molecular complexity index is 642. The van der Waals surface area contributed by atoms with Crippen molar-refractivity contribution in [1.82, 2.24) is 4.90 Å². The van der Waals surface area contributed by atoms with Crippen LogP contribution in [-0.4, -0.2) is 37.1 Å². The number of amides is 1. The number of nitrogens with zero attached hydrogens (tertiary/aromatic N) is 1. The zero-order valence-electron chi connectivity index (χ0n) is 12.6. The summed E-state index contributed by atoms with van der Waals surface area (Å²) >= 11 is 0. The summed E-state index contributed by atoms with van der Waals surface area (Å²) in [6.45, 7) is 1.39. The maximum atomic E-state index is 12.5. The molecule has 1 heterocycles. The molecule has 4 nitrogen and oxygen atoms in total. The summed E-state index contributed by atoms with van der Waals surface area (Å²) in [5.41, 5.74) is 0.644. The Labute approximate surface area is 130 Å². The number of ether oxygens (including phenoxy) is 2. The first kappa shape index (κ1) is 14.6. The molecule has 1 fully saturated rings. The summed E-state index contributed by atoms with van der Waals surface area (Å²) in [6.07, 6.45) is 1.04. The van der Waals surface area contributed by atoms with Gasteiger partial charge in [-0.25, -0.2) is 0 Å². The van der Waals surface area contributed by atoms with Gasteiger partial charge in [-0.2, -0.15) is 0 Å². The largest absolute Gasteiger partial charge is 0.457 e. The van der Waals surface area contributed by atoms with Gasteiger partial charge >= 0.3 is 0 Å². The lowest BCUT2D eigenvalue weighted by Crippen LogP contribution is -2.29. The highest BCUT2D eigenvalue weighted by molar-refractivity contribution is 5.94. The standard InChI is InChI=1S/C18H19NO3/c1-21-17-10-11-19(13-17)18(20)14-6-5-9-16(12-14)22-15-7-3-2-4-8-15/h2-9,12,17H,10-11,13H2,1H3/t17-/m0/s1. The third-order valence-electron chi connectivity index (χ3n) is 3.83. The van der Waals surface area contributed by atoms with Gasteiger partial charge in [0.2, 0.25) is 0 Å². The molecule has 22 heavy (non-hydrogen) atoms. The van der Waals surface area contributed by atoms with Gasteiger partial charge in [-0.3, -0.25) is 4.79 Å². The highest BCUT2D eigenvalue weighted by atomic mass is 16.5. The van der Waals surface area contributed by atoms with Crippen molar-refractivity contribution in [1.29, 1.82) is 0 Å². The molecule has 114 valence electrons. The predicted molar refractivity (Wildman–Crippen MR) is 84.3 cm³/mol. The summed E-state index contributed by atoms with van der Waals surface area (Å²) in [5.74, 6) is 1.45. The topological polar surface area (TPSA) is 38.8 Å². The highest BCUT2D eigenvalue weighted by Crippen LogP contribution is 2.23. The number of para-hydroxylation sites is 1. The number of carbonyl (C=O) groups excluding carboxylic acids is 1. The van der Waals surface area contributed by atoms with Crippen LogP contribution in [0.4, 0.5) is 0 Å². The average Bonchev–Trinajstić information content (AvgIpc) is 3.04. The van der Waals surface area contributed by atoms with Gasteiger partial charge in [0.1, 0.15) is 11.5 Å². The quantitative estimate of drug-likeness (QED) is 0.869. The second-order valence-electron chi connectivity index (χ2n) is 5.34. The lowest BCUT2D eigenvalue weighted by Gasteiger charge is -2.16. The number of likely N-dealkylation sites (tertiary alicyclic amines) is 1. The first-order valence-corrected chi connectivity index (χ1v) is 7.41. The molecule has 0 spiro atoms. The van der Waals surface area contributed by atoms with Crippen LogP contribution in [-0.2, 0) is 4.74 Å². The smallest absolute Gasteiger partial charge is 0.254 e. The van der Waals surface area contributed by atoms with Crippen LogP contribution in [0.1, 0.15) is 16.8 Å². The van der Waals surface area contributed by atoms with E-state index in [1.54, 1.807) is 13.2 Å². The summed E-state index contributed by atoms with van der Waals surface area (Å²) < 4.78 is 11.1. The Balaban J connectivity index is 1.72. The van der Waals surface area contributed by atoms with E-state index in [1.165, 1.54) is 0 Å². The molecule has 0 aromatic heterocycles. The summed E-state index contributed by atoms with van der Waals surface area (Å²) in [7, 11) is 1.69. The van der Waals surface area contributed by atoms with Gasteiger partial charge in [0.05, 0.1) is 6.10 Å². The van der Waals surface area contributed by atoms with E-state index in [1.807, 2.05) is 53.4 Å². The van der Waals surface area contributed by atoms with Crippen molar-refractivity contribution >= 4 is 5.91 Å². The van der Waals surface area contributed by atoms with Crippen LogP contribution < -0.4 is 4.74 Å². The van der Waals surface area contributed by atoms with Gasteiger partial charge in [0, 0.05) is 25.8 Å². The van der Waals surface area contributed by atoms with Crippen LogP contribution in [0.5, 0.6) is 11.5 Å². The van der Waals surface area contributed by atoms with Crippen LogP contribution >= 0.6 is 0 Å². The second kappa shape index (κ2) is 6.62. The molecule has 0 saturated carbocycles. The average molecular weight is 297 g/mol. The van der Waals surface area contributed by atoms with E-state index >= 15 is 0 Å². The van der Waals surface area contributed by atoms with Crippen molar-refractivity contribution < 1.29 is 14.3 Å². The minimum absolute atomic E-state index is 0.0260. The van der Waals surface area contributed by atoms with Crippen molar-refractivity contribution in [2.24, 2.45) is 0 Å². The third-order valence-corrected chi connectivity index (χ3v) is 3.83. The van der Waals surface area contributed by atoms with Crippen molar-refractivity contribution in [3.05, 3.63) is 60.2 Å². The minimum Gasteiger partial charge on any atom is -0.457 e. The molecular weight excluding hydrogens is 278 g/mol. The molecule has 1 aliphatic heterocycles. The van der Waals surface area contributed by atoms with E-state index in [0.717, 1.165) is 18.7 Å². The second-order valence-corrected chi connectivity index (χ2v) is 5.34. The number of methoxy groups -OCH3 is 1.